The molecule has 2 aromatic rings. The molecule has 0 aromatic heterocycles. The first-order valence-electron chi connectivity index (χ1n) is 7.09. The zero-order valence-electron chi connectivity index (χ0n) is 12.2. The SMILES string of the molecule is CCCCOc1ccc(NC(=O)c2ccc(F)c(F)c2)cc1. The zero-order chi connectivity index (χ0) is 15.9. The summed E-state index contributed by atoms with van der Waals surface area (Å²) >= 11 is 0. The van der Waals surface area contributed by atoms with Crippen LogP contribution in [0, 0.1) is 11.6 Å². The molecule has 0 aliphatic rings. The topological polar surface area (TPSA) is 38.3 Å². The number of benzene rings is 2. The predicted molar refractivity (Wildman–Crippen MR) is 81.2 cm³/mol. The molecule has 0 aliphatic carbocycles. The molecule has 0 spiro atoms. The van der Waals surface area contributed by atoms with Crippen molar-refractivity contribution in [3.63, 3.8) is 0 Å². The second-order valence-electron chi connectivity index (χ2n) is 4.81. The van der Waals surface area contributed by atoms with E-state index in [1.54, 1.807) is 24.3 Å². The van der Waals surface area contributed by atoms with Crippen molar-refractivity contribution in [2.75, 3.05) is 11.9 Å². The second kappa shape index (κ2) is 7.54. The van der Waals surface area contributed by atoms with E-state index in [0.29, 0.717) is 12.3 Å². The number of carbonyl (C=O) groups excluding carboxylic acids is 1. The molecule has 0 fully saturated rings. The van der Waals surface area contributed by atoms with Crippen molar-refractivity contribution in [1.29, 1.82) is 0 Å². The highest BCUT2D eigenvalue weighted by atomic mass is 19.2. The molecule has 0 saturated carbocycles. The summed E-state index contributed by atoms with van der Waals surface area (Å²) in [7, 11) is 0. The van der Waals surface area contributed by atoms with Crippen LogP contribution in [0.25, 0.3) is 0 Å². The smallest absolute Gasteiger partial charge is 0.255 e. The minimum Gasteiger partial charge on any atom is -0.494 e. The van der Waals surface area contributed by atoms with Gasteiger partial charge in [-0.25, -0.2) is 8.78 Å². The summed E-state index contributed by atoms with van der Waals surface area (Å²) in [6, 6.07) is 9.91. The Balaban J connectivity index is 1.97. The van der Waals surface area contributed by atoms with Gasteiger partial charge in [0.2, 0.25) is 0 Å². The molecule has 1 N–H and O–H groups in total. The minimum atomic E-state index is -1.05. The molecule has 0 bridgehead atoms. The molecular formula is C17H17F2NO2. The van der Waals surface area contributed by atoms with Gasteiger partial charge >= 0.3 is 0 Å². The Morgan fingerprint density at radius 1 is 1.09 bits per heavy atom. The van der Waals surface area contributed by atoms with E-state index in [-0.39, 0.29) is 5.56 Å². The number of hydrogen-bond donors (Lipinski definition) is 1. The Labute approximate surface area is 127 Å². The number of halogens is 2. The van der Waals surface area contributed by atoms with Gasteiger partial charge in [0.25, 0.3) is 5.91 Å². The van der Waals surface area contributed by atoms with Gasteiger partial charge in [-0.15, -0.1) is 0 Å². The van der Waals surface area contributed by atoms with Crippen molar-refractivity contribution < 1.29 is 18.3 Å². The molecule has 0 unspecified atom stereocenters. The van der Waals surface area contributed by atoms with Gasteiger partial charge in [0, 0.05) is 11.3 Å². The van der Waals surface area contributed by atoms with E-state index < -0.39 is 17.5 Å². The third kappa shape index (κ3) is 4.28. The quantitative estimate of drug-likeness (QED) is 0.804. The lowest BCUT2D eigenvalue weighted by Gasteiger charge is -2.08. The zero-order valence-corrected chi connectivity index (χ0v) is 12.2. The van der Waals surface area contributed by atoms with Gasteiger partial charge in [-0.1, -0.05) is 13.3 Å². The highest BCUT2D eigenvalue weighted by Gasteiger charge is 2.10. The number of ether oxygens (including phenoxy) is 1. The molecule has 0 saturated heterocycles. The first-order valence-corrected chi connectivity index (χ1v) is 7.09. The van der Waals surface area contributed by atoms with Gasteiger partial charge in [-0.2, -0.15) is 0 Å². The third-order valence-corrected chi connectivity index (χ3v) is 3.06. The van der Waals surface area contributed by atoms with Crippen LogP contribution in [-0.2, 0) is 0 Å². The predicted octanol–water partition coefficient (Wildman–Crippen LogP) is 4.40. The average molecular weight is 305 g/mol. The fraction of sp³-hybridized carbons (Fsp3) is 0.235. The summed E-state index contributed by atoms with van der Waals surface area (Å²) in [4.78, 5) is 11.9. The molecule has 116 valence electrons. The van der Waals surface area contributed by atoms with Crippen LogP contribution in [0.4, 0.5) is 14.5 Å². The van der Waals surface area contributed by atoms with Crippen LogP contribution in [0.15, 0.2) is 42.5 Å². The molecule has 0 aliphatic heterocycles. The van der Waals surface area contributed by atoms with E-state index in [1.165, 1.54) is 6.07 Å². The van der Waals surface area contributed by atoms with Gasteiger partial charge in [-0.05, 0) is 48.9 Å². The monoisotopic (exact) mass is 305 g/mol. The largest absolute Gasteiger partial charge is 0.494 e. The first kappa shape index (κ1) is 15.9. The van der Waals surface area contributed by atoms with Crippen LogP contribution in [0.1, 0.15) is 30.1 Å². The van der Waals surface area contributed by atoms with E-state index in [9.17, 15) is 13.6 Å². The van der Waals surface area contributed by atoms with E-state index in [4.69, 9.17) is 4.74 Å². The molecule has 2 aromatic carbocycles. The van der Waals surface area contributed by atoms with Crippen molar-refractivity contribution in [2.24, 2.45) is 0 Å². The summed E-state index contributed by atoms with van der Waals surface area (Å²) in [6.45, 7) is 2.73. The summed E-state index contributed by atoms with van der Waals surface area (Å²) in [5, 5.41) is 2.62. The number of carbonyl (C=O) groups is 1. The Hall–Kier alpha value is -2.43. The van der Waals surface area contributed by atoms with E-state index in [2.05, 4.69) is 12.2 Å². The Morgan fingerprint density at radius 3 is 2.45 bits per heavy atom. The number of nitrogens with one attached hydrogen (secondary N) is 1. The van der Waals surface area contributed by atoms with Crippen molar-refractivity contribution in [3.05, 3.63) is 59.7 Å². The van der Waals surface area contributed by atoms with Crippen LogP contribution in [0.5, 0.6) is 5.75 Å². The Morgan fingerprint density at radius 2 is 1.82 bits per heavy atom. The average Bonchev–Trinajstić information content (AvgIpc) is 2.52. The van der Waals surface area contributed by atoms with Crippen LogP contribution >= 0.6 is 0 Å². The van der Waals surface area contributed by atoms with Crippen molar-refractivity contribution in [1.82, 2.24) is 0 Å². The summed E-state index contributed by atoms with van der Waals surface area (Å²) in [6.07, 6.45) is 2.04. The highest BCUT2D eigenvalue weighted by molar-refractivity contribution is 6.04. The maximum atomic E-state index is 13.1. The third-order valence-electron chi connectivity index (χ3n) is 3.06. The molecule has 22 heavy (non-hydrogen) atoms. The lowest BCUT2D eigenvalue weighted by atomic mass is 10.2. The van der Waals surface area contributed by atoms with Crippen LogP contribution in [-0.4, -0.2) is 12.5 Å². The molecule has 3 nitrogen and oxygen atoms in total. The summed E-state index contributed by atoms with van der Waals surface area (Å²) in [5.41, 5.74) is 0.611. The number of anilines is 1. The molecule has 5 heteroatoms. The number of unbranched alkanes of at least 4 members (excludes halogenated alkanes) is 1. The molecular weight excluding hydrogens is 288 g/mol. The fourth-order valence-corrected chi connectivity index (χ4v) is 1.81. The summed E-state index contributed by atoms with van der Waals surface area (Å²) < 4.78 is 31.5. The van der Waals surface area contributed by atoms with Crippen molar-refractivity contribution >= 4 is 11.6 Å². The lowest BCUT2D eigenvalue weighted by molar-refractivity contribution is 0.102. The van der Waals surface area contributed by atoms with Gasteiger partial charge < -0.3 is 10.1 Å². The van der Waals surface area contributed by atoms with Crippen molar-refractivity contribution in [2.45, 2.75) is 19.8 Å². The normalized spacial score (nSPS) is 10.3. The molecule has 0 atom stereocenters. The minimum absolute atomic E-state index is 0.0576. The molecule has 0 radical (unpaired) electrons. The lowest BCUT2D eigenvalue weighted by Crippen LogP contribution is -2.12. The number of rotatable bonds is 6. The van der Waals surface area contributed by atoms with Crippen LogP contribution < -0.4 is 10.1 Å². The molecule has 2 rings (SSSR count). The number of amides is 1. The van der Waals surface area contributed by atoms with Gasteiger partial charge in [0.05, 0.1) is 6.61 Å². The molecule has 0 heterocycles. The fourth-order valence-electron chi connectivity index (χ4n) is 1.81. The van der Waals surface area contributed by atoms with Crippen LogP contribution in [0.3, 0.4) is 0 Å². The van der Waals surface area contributed by atoms with E-state index >= 15 is 0 Å². The second-order valence-corrected chi connectivity index (χ2v) is 4.81. The van der Waals surface area contributed by atoms with Gasteiger partial charge in [0.15, 0.2) is 11.6 Å². The maximum Gasteiger partial charge on any atom is 0.255 e. The standard InChI is InChI=1S/C17H17F2NO2/c1-2-3-10-22-14-7-5-13(6-8-14)20-17(21)12-4-9-15(18)16(19)11-12/h4-9,11H,2-3,10H2,1H3,(H,20,21). The maximum absolute atomic E-state index is 13.1. The Kier molecular flexibility index (Phi) is 5.47. The van der Waals surface area contributed by atoms with Crippen molar-refractivity contribution in [3.8, 4) is 5.75 Å². The van der Waals surface area contributed by atoms with E-state index in [0.717, 1.165) is 30.7 Å². The van der Waals surface area contributed by atoms with Gasteiger partial charge in [-0.3, -0.25) is 4.79 Å². The Bertz CT molecular complexity index is 642. The van der Waals surface area contributed by atoms with E-state index in [1.807, 2.05) is 0 Å². The number of hydrogen-bond acceptors (Lipinski definition) is 2. The summed E-state index contributed by atoms with van der Waals surface area (Å²) in [5.74, 6) is -1.81. The van der Waals surface area contributed by atoms with Gasteiger partial charge in [0.1, 0.15) is 5.75 Å². The highest BCUT2D eigenvalue weighted by Crippen LogP contribution is 2.17. The molecule has 1 amide bonds. The first-order chi connectivity index (χ1) is 10.6. The van der Waals surface area contributed by atoms with Crippen LogP contribution in [0.2, 0.25) is 0 Å².